The van der Waals surface area contributed by atoms with Crippen molar-refractivity contribution >= 4 is 27.8 Å². The first-order valence-corrected chi connectivity index (χ1v) is 30.0. The number of aryl methyl sites for hydroxylation is 1. The van der Waals surface area contributed by atoms with Crippen LogP contribution in [0.25, 0.3) is 22.3 Å². The van der Waals surface area contributed by atoms with E-state index in [0.717, 1.165) is 39.4 Å². The highest BCUT2D eigenvalue weighted by molar-refractivity contribution is 7.44. The number of nitrogens with zero attached hydrogens (tertiary/aromatic N) is 8. The Hall–Kier alpha value is -6.06. The summed E-state index contributed by atoms with van der Waals surface area (Å²) in [5.74, 6) is 1.81. The van der Waals surface area contributed by atoms with Gasteiger partial charge in [-0.3, -0.25) is 9.25 Å². The average Bonchev–Trinajstić information content (AvgIpc) is 4.13. The van der Waals surface area contributed by atoms with Crippen molar-refractivity contribution in [3.8, 4) is 34.6 Å². The Labute approximate surface area is 437 Å². The van der Waals surface area contributed by atoms with Gasteiger partial charge in [-0.2, -0.15) is 15.3 Å². The molecule has 1 aliphatic rings. The number of ether oxygens (including phenoxy) is 6. The monoisotopic (exact) mass is 1040 g/mol. The van der Waals surface area contributed by atoms with Crippen molar-refractivity contribution in [2.75, 3.05) is 34.0 Å². The maximum atomic E-state index is 9.70. The van der Waals surface area contributed by atoms with Gasteiger partial charge in [-0.15, -0.1) is 0 Å². The molecule has 1 unspecified atom stereocenters. The van der Waals surface area contributed by atoms with Crippen molar-refractivity contribution in [3.05, 3.63) is 150 Å². The summed E-state index contributed by atoms with van der Waals surface area (Å²) in [5.41, 5.74) is 5.41. The fourth-order valence-corrected chi connectivity index (χ4v) is 11.7. The Bertz CT molecular complexity index is 2850. The number of methoxy groups -OCH3 is 2. The molecule has 8 rings (SSSR count). The lowest BCUT2D eigenvalue weighted by molar-refractivity contribution is -0.0963. The molecule has 390 valence electrons. The number of hydrogen-bond donors (Lipinski definition) is 0. The van der Waals surface area contributed by atoms with Gasteiger partial charge in [0.05, 0.1) is 65.7 Å². The summed E-state index contributed by atoms with van der Waals surface area (Å²) in [5, 5.41) is 14.1. The fourth-order valence-electron chi connectivity index (χ4n) is 9.18. The first-order chi connectivity index (χ1) is 35.7. The minimum atomic E-state index is -1.82. The number of fused-ring (bicyclic) bond motifs is 1. The topological polar surface area (TPSA) is 162 Å². The van der Waals surface area contributed by atoms with Gasteiger partial charge in [-0.05, 0) is 85.8 Å². The summed E-state index contributed by atoms with van der Waals surface area (Å²) in [6.07, 6.45) is 3.95. The van der Waals surface area contributed by atoms with E-state index in [4.69, 9.17) is 47.4 Å². The van der Waals surface area contributed by atoms with Crippen LogP contribution in [-0.2, 0) is 42.5 Å². The highest BCUT2D eigenvalue weighted by Crippen LogP contribution is 2.52. The second-order valence-electron chi connectivity index (χ2n) is 20.0. The average molecular weight is 1040 g/mol. The van der Waals surface area contributed by atoms with E-state index in [-0.39, 0.29) is 38.3 Å². The van der Waals surface area contributed by atoms with Crippen molar-refractivity contribution in [1.82, 2.24) is 34.0 Å². The van der Waals surface area contributed by atoms with E-state index >= 15 is 0 Å². The molecule has 74 heavy (non-hydrogen) atoms. The molecule has 0 N–H and O–H groups in total. The number of imidazole rings is 1. The molecule has 4 heterocycles. The van der Waals surface area contributed by atoms with E-state index in [0.29, 0.717) is 35.1 Å². The molecule has 0 aliphatic carbocycles. The maximum Gasteiger partial charge on any atom is 0.259 e. The van der Waals surface area contributed by atoms with Crippen molar-refractivity contribution in [1.29, 1.82) is 5.26 Å². The lowest BCUT2D eigenvalue weighted by Gasteiger charge is -2.39. The third-order valence-corrected chi connectivity index (χ3v) is 16.8. The lowest BCUT2D eigenvalue weighted by atomic mass is 9.80. The maximum absolute atomic E-state index is 9.70. The van der Waals surface area contributed by atoms with Crippen molar-refractivity contribution in [2.24, 2.45) is 7.05 Å². The highest BCUT2D eigenvalue weighted by Gasteiger charge is 2.52. The van der Waals surface area contributed by atoms with Crippen LogP contribution in [0.15, 0.2) is 128 Å². The Morgan fingerprint density at radius 1 is 0.797 bits per heavy atom. The van der Waals surface area contributed by atoms with E-state index in [1.807, 2.05) is 90.7 Å². The molecule has 1 aliphatic heterocycles. The standard InChI is InChI=1S/C56H69N8O8PSi/c1-39(2)64(40(3)4)73(70-30-14-29-57)72-51-49(36-69-56(44-15-12-11-13-16-44,45-21-25-47(65-6)26-22-45)46-23-27-48(66-7)28-24-46)71-55(52(51)68-35-41-17-19-42(20-18-41)43-33-61-62(5)34-43)63-38-60-50-53(63)58-37-59-54(50)67-31-32-74(8,9)10/h11-13,15-28,33-34,37-40,49,51-52,55H,14,30-32,35-36H2,1-10H3/t49-,51-,52-,55-,73?/m1/s1. The molecular weight excluding hydrogens is 972 g/mol. The Morgan fingerprint density at radius 2 is 1.45 bits per heavy atom. The Balaban J connectivity index is 1.26. The minimum Gasteiger partial charge on any atom is -0.497 e. The van der Waals surface area contributed by atoms with E-state index < -0.39 is 46.7 Å². The van der Waals surface area contributed by atoms with Crippen LogP contribution in [0.3, 0.4) is 0 Å². The van der Waals surface area contributed by atoms with Gasteiger partial charge < -0.3 is 37.5 Å². The molecule has 0 spiro atoms. The summed E-state index contributed by atoms with van der Waals surface area (Å²) in [6.45, 7) is 16.3. The molecule has 7 aromatic rings. The molecule has 3 aromatic heterocycles. The Morgan fingerprint density at radius 3 is 2.03 bits per heavy atom. The van der Waals surface area contributed by atoms with Gasteiger partial charge in [-0.25, -0.2) is 14.6 Å². The second-order valence-corrected chi connectivity index (χ2v) is 27.1. The van der Waals surface area contributed by atoms with Crippen LogP contribution in [0, 0.1) is 11.3 Å². The zero-order valence-corrected chi connectivity index (χ0v) is 46.0. The molecule has 0 bridgehead atoms. The smallest absolute Gasteiger partial charge is 0.259 e. The van der Waals surface area contributed by atoms with Gasteiger partial charge in [0.15, 0.2) is 17.4 Å². The third-order valence-electron chi connectivity index (χ3n) is 12.9. The van der Waals surface area contributed by atoms with Crippen LogP contribution >= 0.6 is 8.53 Å². The van der Waals surface area contributed by atoms with Crippen molar-refractivity contribution < 1.29 is 37.5 Å². The highest BCUT2D eigenvalue weighted by atomic mass is 31.2. The number of aromatic nitrogens is 6. The molecule has 18 heteroatoms. The van der Waals surface area contributed by atoms with E-state index in [2.05, 4.69) is 105 Å². The molecule has 0 amide bonds. The van der Waals surface area contributed by atoms with Gasteiger partial charge in [0.25, 0.3) is 8.53 Å². The van der Waals surface area contributed by atoms with Crippen LogP contribution < -0.4 is 14.2 Å². The van der Waals surface area contributed by atoms with E-state index in [1.54, 1.807) is 25.2 Å². The number of nitriles is 1. The predicted molar refractivity (Wildman–Crippen MR) is 288 cm³/mol. The van der Waals surface area contributed by atoms with Crippen LogP contribution in [0.1, 0.15) is 62.6 Å². The van der Waals surface area contributed by atoms with Crippen LogP contribution in [0.4, 0.5) is 0 Å². The quantitative estimate of drug-likeness (QED) is 0.0230. The number of hydrogen-bond acceptors (Lipinski definition) is 14. The lowest BCUT2D eigenvalue weighted by Crippen LogP contribution is -2.43. The summed E-state index contributed by atoms with van der Waals surface area (Å²) < 4.78 is 59.7. The summed E-state index contributed by atoms with van der Waals surface area (Å²) >= 11 is 0. The summed E-state index contributed by atoms with van der Waals surface area (Å²) in [4.78, 5) is 14.2. The number of rotatable bonds is 25. The zero-order valence-electron chi connectivity index (χ0n) is 44.1. The summed E-state index contributed by atoms with van der Waals surface area (Å²) in [6, 6.07) is 37.5. The minimum absolute atomic E-state index is 0.00514. The van der Waals surface area contributed by atoms with E-state index in [1.165, 1.54) is 6.33 Å². The zero-order chi connectivity index (χ0) is 52.4. The molecule has 0 radical (unpaired) electrons. The van der Waals surface area contributed by atoms with Gasteiger partial charge in [-0.1, -0.05) is 98.5 Å². The third kappa shape index (κ3) is 12.5. The normalized spacial score (nSPS) is 17.6. The van der Waals surface area contributed by atoms with Crippen LogP contribution in [-0.4, -0.2) is 106 Å². The predicted octanol–water partition coefficient (Wildman–Crippen LogP) is 11.1. The molecule has 0 saturated carbocycles. The first-order valence-electron chi connectivity index (χ1n) is 25.1. The molecule has 4 aromatic carbocycles. The second kappa shape index (κ2) is 24.5. The Kier molecular flexibility index (Phi) is 18.0. The van der Waals surface area contributed by atoms with Gasteiger partial charge in [0.1, 0.15) is 41.7 Å². The largest absolute Gasteiger partial charge is 0.497 e. The van der Waals surface area contributed by atoms with Gasteiger partial charge in [0.2, 0.25) is 5.88 Å². The van der Waals surface area contributed by atoms with Gasteiger partial charge >= 0.3 is 0 Å². The molecule has 5 atom stereocenters. The summed E-state index contributed by atoms with van der Waals surface area (Å²) in [7, 11) is 1.97. The molecular formula is C56H69N8O8PSi. The van der Waals surface area contributed by atoms with Gasteiger partial charge in [0, 0.05) is 39.0 Å². The molecule has 1 saturated heterocycles. The van der Waals surface area contributed by atoms with Crippen molar-refractivity contribution in [2.45, 2.75) is 109 Å². The molecule has 16 nitrogen and oxygen atoms in total. The van der Waals surface area contributed by atoms with E-state index in [9.17, 15) is 5.26 Å². The van der Waals surface area contributed by atoms with Crippen molar-refractivity contribution in [3.63, 3.8) is 0 Å². The fraction of sp³-hybridized carbons (Fsp3) is 0.411. The SMILES string of the molecule is COc1ccc(C(OC[C@H]2O[C@@H](n3cnc4c(OCC[Si](C)(C)C)ncnc43)[C@H](OCc3ccc(-c4cnn(C)c4)cc3)[C@@H]2OP(OCCC#N)N(C(C)C)C(C)C)(c2ccccc2)c2ccc(OC)cc2)cc1. The number of benzene rings is 4. The van der Waals surface area contributed by atoms with Crippen LogP contribution in [0.5, 0.6) is 17.4 Å². The molecule has 1 fully saturated rings. The first kappa shape index (κ1) is 54.2. The van der Waals surface area contributed by atoms with Crippen LogP contribution in [0.2, 0.25) is 25.7 Å².